The van der Waals surface area contributed by atoms with Gasteiger partial charge in [-0.1, -0.05) is 48.5 Å². The van der Waals surface area contributed by atoms with E-state index in [2.05, 4.69) is 22.1 Å². The third-order valence-corrected chi connectivity index (χ3v) is 6.68. The quantitative estimate of drug-likeness (QED) is 0.530. The number of fused-ring (bicyclic) bond motifs is 1. The molecule has 3 aromatic rings. The van der Waals surface area contributed by atoms with Crippen LogP contribution in [-0.4, -0.2) is 53.6 Å². The summed E-state index contributed by atoms with van der Waals surface area (Å²) in [4.78, 5) is 27.9. The molecule has 2 heterocycles. The molecule has 2 amide bonds. The van der Waals surface area contributed by atoms with Crippen molar-refractivity contribution in [3.63, 3.8) is 0 Å². The van der Waals surface area contributed by atoms with Gasteiger partial charge in [0.2, 0.25) is 11.8 Å². The molecule has 0 unspecified atom stereocenters. The van der Waals surface area contributed by atoms with Gasteiger partial charge in [-0.2, -0.15) is 0 Å². The molecule has 1 aromatic heterocycles. The Hall–Kier alpha value is -2.74. The third kappa shape index (κ3) is 5.12. The predicted molar refractivity (Wildman–Crippen MR) is 123 cm³/mol. The number of thiophene rings is 1. The van der Waals surface area contributed by atoms with E-state index in [0.29, 0.717) is 25.9 Å². The molecule has 31 heavy (non-hydrogen) atoms. The maximum Gasteiger partial charge on any atom is 0.245 e. The lowest BCUT2D eigenvalue weighted by Crippen LogP contribution is -2.52. The van der Waals surface area contributed by atoms with E-state index in [-0.39, 0.29) is 11.8 Å². The van der Waals surface area contributed by atoms with Gasteiger partial charge in [0.15, 0.2) is 0 Å². The summed E-state index contributed by atoms with van der Waals surface area (Å²) in [5, 5.41) is 18.9. The third-order valence-electron chi connectivity index (χ3n) is 5.66. The number of aliphatic hydroxyl groups excluding tert-OH is 1. The lowest BCUT2D eigenvalue weighted by atomic mass is 10.0. The summed E-state index contributed by atoms with van der Waals surface area (Å²) in [6, 6.07) is 16.7. The van der Waals surface area contributed by atoms with Crippen molar-refractivity contribution < 1.29 is 14.7 Å². The highest BCUT2D eigenvalue weighted by molar-refractivity contribution is 7.17. The first-order chi connectivity index (χ1) is 15.0. The predicted octanol–water partition coefficient (Wildman–Crippen LogP) is 2.31. The zero-order chi connectivity index (χ0) is 21.8. The second-order valence-electron chi connectivity index (χ2n) is 8.05. The summed E-state index contributed by atoms with van der Waals surface area (Å²) in [5.74, 6) is -0.381. The van der Waals surface area contributed by atoms with Gasteiger partial charge in [-0.25, -0.2) is 0 Å². The fourth-order valence-electron chi connectivity index (χ4n) is 4.00. The van der Waals surface area contributed by atoms with Crippen LogP contribution in [0.5, 0.6) is 0 Å². The molecule has 1 aliphatic heterocycles. The number of nitrogens with zero attached hydrogens (tertiary/aromatic N) is 1. The molecule has 3 N–H and O–H groups in total. The van der Waals surface area contributed by atoms with Crippen LogP contribution < -0.4 is 10.6 Å². The van der Waals surface area contributed by atoms with E-state index in [1.807, 2.05) is 48.5 Å². The summed E-state index contributed by atoms with van der Waals surface area (Å²) in [7, 11) is 1.76. The number of carbonyl (C=O) groups excluding carboxylic acids is 2. The molecule has 162 valence electrons. The number of hydrogen-bond acceptors (Lipinski definition) is 5. The van der Waals surface area contributed by atoms with Crippen molar-refractivity contribution in [2.24, 2.45) is 0 Å². The number of rotatable bonds is 7. The minimum absolute atomic E-state index is 0.133. The average Bonchev–Trinajstić information content (AvgIpc) is 3.40. The maximum absolute atomic E-state index is 13.4. The van der Waals surface area contributed by atoms with Gasteiger partial charge >= 0.3 is 0 Å². The Labute approximate surface area is 185 Å². The van der Waals surface area contributed by atoms with E-state index in [0.717, 1.165) is 21.2 Å². The average molecular weight is 438 g/mol. The van der Waals surface area contributed by atoms with E-state index in [1.54, 1.807) is 23.3 Å². The molecule has 0 bridgehead atoms. The van der Waals surface area contributed by atoms with Crippen molar-refractivity contribution in [2.45, 2.75) is 37.6 Å². The van der Waals surface area contributed by atoms with Crippen LogP contribution in [0.3, 0.4) is 0 Å². The second-order valence-corrected chi connectivity index (χ2v) is 8.96. The van der Waals surface area contributed by atoms with Crippen molar-refractivity contribution in [3.8, 4) is 0 Å². The summed E-state index contributed by atoms with van der Waals surface area (Å²) < 4.78 is 1.16. The van der Waals surface area contributed by atoms with Gasteiger partial charge in [0.1, 0.15) is 6.04 Å². The van der Waals surface area contributed by atoms with Crippen molar-refractivity contribution in [1.29, 1.82) is 0 Å². The molecule has 0 spiro atoms. The topological polar surface area (TPSA) is 81.7 Å². The summed E-state index contributed by atoms with van der Waals surface area (Å²) >= 11 is 1.64. The Morgan fingerprint density at radius 2 is 1.94 bits per heavy atom. The first kappa shape index (κ1) is 21.5. The van der Waals surface area contributed by atoms with Crippen LogP contribution in [0.4, 0.5) is 0 Å². The highest BCUT2D eigenvalue weighted by Gasteiger charge is 2.32. The van der Waals surface area contributed by atoms with Crippen LogP contribution >= 0.6 is 11.3 Å². The summed E-state index contributed by atoms with van der Waals surface area (Å²) in [5.41, 5.74) is 2.08. The molecule has 0 radical (unpaired) electrons. The summed E-state index contributed by atoms with van der Waals surface area (Å²) in [6.45, 7) is 0.858. The Morgan fingerprint density at radius 1 is 1.19 bits per heavy atom. The molecule has 1 saturated heterocycles. The normalized spacial score (nSPS) is 19.3. The number of hydrogen-bond donors (Lipinski definition) is 3. The Bertz CT molecular complexity index is 1050. The van der Waals surface area contributed by atoms with Crippen molar-refractivity contribution in [3.05, 3.63) is 71.1 Å². The fourth-order valence-corrected chi connectivity index (χ4v) is 4.98. The molecule has 0 aliphatic carbocycles. The molecule has 3 atom stereocenters. The SMILES string of the molecule is CN(Cc1ccccc1)C(=O)[C@H](Cc1csc2ccccc12)NC(=O)[C@@H]1C[C@@H](O)CN1. The highest BCUT2D eigenvalue weighted by atomic mass is 32.1. The van der Waals surface area contributed by atoms with Gasteiger partial charge in [0, 0.05) is 31.3 Å². The molecular formula is C24H27N3O3S. The number of amides is 2. The molecule has 4 rings (SSSR count). The summed E-state index contributed by atoms with van der Waals surface area (Å²) in [6.07, 6.45) is 0.239. The van der Waals surface area contributed by atoms with Gasteiger partial charge in [-0.15, -0.1) is 11.3 Å². The number of aliphatic hydroxyl groups is 1. The molecule has 1 fully saturated rings. The van der Waals surface area contributed by atoms with E-state index in [9.17, 15) is 14.7 Å². The van der Waals surface area contributed by atoms with Crippen molar-refractivity contribution in [1.82, 2.24) is 15.5 Å². The Kier molecular flexibility index (Phi) is 6.65. The standard InChI is InChI=1S/C24H27N3O3S/c1-27(14-16-7-3-2-4-8-16)24(30)21(26-23(29)20-12-18(28)13-25-20)11-17-15-31-22-10-6-5-9-19(17)22/h2-10,15,18,20-21,25,28H,11-14H2,1H3,(H,26,29)/t18-,20+,21+/m1/s1. The van der Waals surface area contributed by atoms with Crippen LogP contribution in [0.15, 0.2) is 60.0 Å². The molecule has 1 aliphatic rings. The zero-order valence-corrected chi connectivity index (χ0v) is 18.3. The highest BCUT2D eigenvalue weighted by Crippen LogP contribution is 2.27. The number of nitrogens with one attached hydrogen (secondary N) is 2. The minimum Gasteiger partial charge on any atom is -0.392 e. The van der Waals surface area contributed by atoms with Crippen LogP contribution in [-0.2, 0) is 22.6 Å². The van der Waals surface area contributed by atoms with E-state index >= 15 is 0 Å². The first-order valence-electron chi connectivity index (χ1n) is 10.5. The molecular weight excluding hydrogens is 410 g/mol. The molecule has 2 aromatic carbocycles. The van der Waals surface area contributed by atoms with Gasteiger partial charge in [0.25, 0.3) is 0 Å². The lowest BCUT2D eigenvalue weighted by Gasteiger charge is -2.26. The lowest BCUT2D eigenvalue weighted by molar-refractivity contribution is -0.136. The number of β-amino-alcohol motifs (C(OH)–C–C–N with tert-alkyl or cyclic N) is 1. The Morgan fingerprint density at radius 3 is 2.68 bits per heavy atom. The van der Waals surface area contributed by atoms with Crippen LogP contribution in [0.1, 0.15) is 17.5 Å². The monoisotopic (exact) mass is 437 g/mol. The van der Waals surface area contributed by atoms with E-state index < -0.39 is 18.2 Å². The minimum atomic E-state index is -0.682. The largest absolute Gasteiger partial charge is 0.392 e. The van der Waals surface area contributed by atoms with E-state index in [4.69, 9.17) is 0 Å². The molecule has 6 nitrogen and oxygen atoms in total. The van der Waals surface area contributed by atoms with Crippen LogP contribution in [0, 0.1) is 0 Å². The van der Waals surface area contributed by atoms with Gasteiger partial charge in [-0.05, 0) is 34.4 Å². The van der Waals surface area contributed by atoms with Gasteiger partial charge < -0.3 is 20.6 Å². The number of likely N-dealkylation sites (N-methyl/N-ethyl adjacent to an activating group) is 1. The van der Waals surface area contributed by atoms with Crippen LogP contribution in [0.2, 0.25) is 0 Å². The van der Waals surface area contributed by atoms with Crippen LogP contribution in [0.25, 0.3) is 10.1 Å². The van der Waals surface area contributed by atoms with Crippen molar-refractivity contribution >= 4 is 33.2 Å². The number of benzene rings is 2. The molecule has 0 saturated carbocycles. The zero-order valence-electron chi connectivity index (χ0n) is 17.5. The molecule has 7 heteroatoms. The van der Waals surface area contributed by atoms with Gasteiger partial charge in [-0.3, -0.25) is 9.59 Å². The Balaban J connectivity index is 1.53. The van der Waals surface area contributed by atoms with Crippen molar-refractivity contribution in [2.75, 3.05) is 13.6 Å². The second kappa shape index (κ2) is 9.60. The fraction of sp³-hybridized carbons (Fsp3) is 0.333. The number of carbonyl (C=O) groups is 2. The van der Waals surface area contributed by atoms with E-state index in [1.165, 1.54) is 0 Å². The van der Waals surface area contributed by atoms with Gasteiger partial charge in [0.05, 0.1) is 12.1 Å². The maximum atomic E-state index is 13.4. The smallest absolute Gasteiger partial charge is 0.245 e. The first-order valence-corrected chi connectivity index (χ1v) is 11.3.